The second-order valence-electron chi connectivity index (χ2n) is 8.94. The van der Waals surface area contributed by atoms with Gasteiger partial charge in [0.2, 0.25) is 0 Å². The smallest absolute Gasteiger partial charge is 0.367 e. The molecule has 6 nitrogen and oxygen atoms in total. The summed E-state index contributed by atoms with van der Waals surface area (Å²) in [5, 5.41) is 3.58. The van der Waals surface area contributed by atoms with Gasteiger partial charge in [-0.1, -0.05) is 11.6 Å². The Morgan fingerprint density at radius 1 is 0.943 bits per heavy atom. The lowest BCUT2D eigenvalue weighted by Gasteiger charge is -2.33. The van der Waals surface area contributed by atoms with Crippen molar-refractivity contribution in [2.75, 3.05) is 61.4 Å². The Labute approximate surface area is 207 Å². The number of benzene rings is 1. The molecule has 0 atom stereocenters. The molecule has 0 saturated carbocycles. The van der Waals surface area contributed by atoms with E-state index in [1.165, 1.54) is 6.07 Å². The monoisotopic (exact) mass is 502 g/mol. The molecule has 1 aromatic carbocycles. The number of rotatable bonds is 4. The maximum Gasteiger partial charge on any atom is 0.416 e. The van der Waals surface area contributed by atoms with Gasteiger partial charge in [0.15, 0.2) is 0 Å². The van der Waals surface area contributed by atoms with Crippen LogP contribution in [0.25, 0.3) is 11.1 Å². The van der Waals surface area contributed by atoms with Crippen molar-refractivity contribution in [3.8, 4) is 11.1 Å². The molecule has 0 amide bonds. The fraction of sp³-hybridized carbons (Fsp3) is 0.360. The van der Waals surface area contributed by atoms with Gasteiger partial charge in [-0.3, -0.25) is 0 Å². The molecule has 0 unspecified atom stereocenters. The maximum absolute atomic E-state index is 13.2. The Morgan fingerprint density at radius 3 is 2.43 bits per heavy atom. The van der Waals surface area contributed by atoms with Crippen molar-refractivity contribution < 1.29 is 13.2 Å². The Morgan fingerprint density at radius 2 is 1.71 bits per heavy atom. The highest BCUT2D eigenvalue weighted by atomic mass is 35.5. The number of hydrogen-bond acceptors (Lipinski definition) is 6. The SMILES string of the molecule is CN1CCN(c2ccc(-c3cnc4c(c3)N(Cc3cc(C(F)(F)F)ccc3Cl)CCN4)cn2)CC1. The summed E-state index contributed by atoms with van der Waals surface area (Å²) < 4.78 is 39.7. The number of aromatic nitrogens is 2. The first-order chi connectivity index (χ1) is 16.8. The van der Waals surface area contributed by atoms with E-state index in [1.807, 2.05) is 29.3 Å². The first-order valence-corrected chi connectivity index (χ1v) is 11.9. The van der Waals surface area contributed by atoms with Crippen LogP contribution in [0.1, 0.15) is 11.1 Å². The lowest BCUT2D eigenvalue weighted by molar-refractivity contribution is -0.137. The van der Waals surface area contributed by atoms with E-state index >= 15 is 0 Å². The van der Waals surface area contributed by atoms with Gasteiger partial charge in [0.05, 0.1) is 11.3 Å². The van der Waals surface area contributed by atoms with Crippen LogP contribution in [0.15, 0.2) is 48.8 Å². The van der Waals surface area contributed by atoms with E-state index in [-0.39, 0.29) is 6.54 Å². The highest BCUT2D eigenvalue weighted by molar-refractivity contribution is 6.31. The zero-order valence-corrected chi connectivity index (χ0v) is 20.1. The molecule has 5 rings (SSSR count). The molecule has 0 bridgehead atoms. The molecular formula is C25H26ClF3N6. The van der Waals surface area contributed by atoms with Crippen LogP contribution in [0.5, 0.6) is 0 Å². The highest BCUT2D eigenvalue weighted by Gasteiger charge is 2.31. The first-order valence-electron chi connectivity index (χ1n) is 11.5. The molecule has 184 valence electrons. The topological polar surface area (TPSA) is 47.5 Å². The van der Waals surface area contributed by atoms with Gasteiger partial charge in [-0.25, -0.2) is 9.97 Å². The molecule has 0 radical (unpaired) electrons. The molecule has 4 heterocycles. The van der Waals surface area contributed by atoms with Crippen LogP contribution < -0.4 is 15.1 Å². The zero-order chi connectivity index (χ0) is 24.6. The summed E-state index contributed by atoms with van der Waals surface area (Å²) in [6.07, 6.45) is -0.779. The predicted molar refractivity (Wildman–Crippen MR) is 133 cm³/mol. The summed E-state index contributed by atoms with van der Waals surface area (Å²) in [5.41, 5.74) is 2.37. The van der Waals surface area contributed by atoms with Crippen LogP contribution in [-0.2, 0) is 12.7 Å². The number of fused-ring (bicyclic) bond motifs is 1. The average molecular weight is 503 g/mol. The molecule has 0 spiro atoms. The first kappa shape index (κ1) is 23.7. The number of likely N-dealkylation sites (N-methyl/N-ethyl adjacent to an activating group) is 1. The quantitative estimate of drug-likeness (QED) is 0.542. The van der Waals surface area contributed by atoms with Gasteiger partial charge in [0, 0.05) is 74.4 Å². The van der Waals surface area contributed by atoms with Gasteiger partial charge < -0.3 is 20.0 Å². The average Bonchev–Trinajstić information content (AvgIpc) is 2.85. The second-order valence-corrected chi connectivity index (χ2v) is 9.35. The third kappa shape index (κ3) is 5.16. The molecule has 10 heteroatoms. The van der Waals surface area contributed by atoms with Crippen molar-refractivity contribution in [1.29, 1.82) is 0 Å². The van der Waals surface area contributed by atoms with Crippen molar-refractivity contribution in [3.05, 3.63) is 64.9 Å². The van der Waals surface area contributed by atoms with Crippen LogP contribution in [-0.4, -0.2) is 61.2 Å². The van der Waals surface area contributed by atoms with Crippen molar-refractivity contribution in [1.82, 2.24) is 14.9 Å². The fourth-order valence-corrected chi connectivity index (χ4v) is 4.62. The number of piperazine rings is 1. The largest absolute Gasteiger partial charge is 0.416 e. The van der Waals surface area contributed by atoms with Gasteiger partial charge in [0.1, 0.15) is 11.6 Å². The summed E-state index contributed by atoms with van der Waals surface area (Å²) in [6, 6.07) is 9.51. The molecule has 1 N–H and O–H groups in total. The lowest BCUT2D eigenvalue weighted by Crippen LogP contribution is -2.44. The van der Waals surface area contributed by atoms with E-state index in [9.17, 15) is 13.2 Å². The van der Waals surface area contributed by atoms with Crippen LogP contribution in [0, 0.1) is 0 Å². The van der Waals surface area contributed by atoms with Crippen LogP contribution in [0.3, 0.4) is 0 Å². The zero-order valence-electron chi connectivity index (χ0n) is 19.3. The minimum atomic E-state index is -4.42. The van der Waals surface area contributed by atoms with Gasteiger partial charge in [-0.15, -0.1) is 0 Å². The number of anilines is 3. The van der Waals surface area contributed by atoms with Crippen LogP contribution >= 0.6 is 11.6 Å². The van der Waals surface area contributed by atoms with Gasteiger partial charge in [-0.2, -0.15) is 13.2 Å². The third-order valence-corrected chi connectivity index (χ3v) is 6.89. The second kappa shape index (κ2) is 9.54. The van der Waals surface area contributed by atoms with E-state index in [0.717, 1.165) is 60.9 Å². The number of nitrogens with zero attached hydrogens (tertiary/aromatic N) is 5. The number of nitrogens with one attached hydrogen (secondary N) is 1. The van der Waals surface area contributed by atoms with Crippen LogP contribution in [0.2, 0.25) is 5.02 Å². The number of halogens is 4. The molecule has 1 fully saturated rings. The molecule has 2 aliphatic heterocycles. The summed E-state index contributed by atoms with van der Waals surface area (Å²) in [4.78, 5) is 15.8. The molecule has 2 aromatic heterocycles. The van der Waals surface area contributed by atoms with Gasteiger partial charge in [0.25, 0.3) is 0 Å². The van der Waals surface area contributed by atoms with Crippen LogP contribution in [0.4, 0.5) is 30.5 Å². The molecule has 3 aromatic rings. The minimum Gasteiger partial charge on any atom is -0.367 e. The van der Waals surface area contributed by atoms with E-state index < -0.39 is 11.7 Å². The molecule has 0 aliphatic carbocycles. The predicted octanol–water partition coefficient (Wildman–Crippen LogP) is 5.00. The van der Waals surface area contributed by atoms with Crippen molar-refractivity contribution >= 4 is 28.9 Å². The van der Waals surface area contributed by atoms with Crippen molar-refractivity contribution in [2.45, 2.75) is 12.7 Å². The lowest BCUT2D eigenvalue weighted by atomic mass is 10.1. The van der Waals surface area contributed by atoms with E-state index in [0.29, 0.717) is 29.5 Å². The fourth-order valence-electron chi connectivity index (χ4n) is 4.44. The Balaban J connectivity index is 1.39. The summed E-state index contributed by atoms with van der Waals surface area (Å²) in [6.45, 7) is 5.42. The molecule has 35 heavy (non-hydrogen) atoms. The van der Waals surface area contributed by atoms with E-state index in [1.54, 1.807) is 6.20 Å². The Kier molecular flexibility index (Phi) is 6.46. The Bertz CT molecular complexity index is 1190. The maximum atomic E-state index is 13.2. The van der Waals surface area contributed by atoms with Crippen molar-refractivity contribution in [3.63, 3.8) is 0 Å². The third-order valence-electron chi connectivity index (χ3n) is 6.53. The summed E-state index contributed by atoms with van der Waals surface area (Å²) in [5.74, 6) is 1.65. The minimum absolute atomic E-state index is 0.253. The normalized spacial score (nSPS) is 16.7. The van der Waals surface area contributed by atoms with Gasteiger partial charge in [-0.05, 0) is 49.0 Å². The molecule has 2 aliphatic rings. The molecule has 1 saturated heterocycles. The standard InChI is InChI=1S/C25H26ClF3N6/c1-33-8-10-34(11-9-33)23-5-2-17(14-31-23)18-13-22-24(32-15-18)30-6-7-35(22)16-19-12-20(25(27,28)29)3-4-21(19)26/h2-5,12-15H,6-11,16H2,1H3,(H,30,32). The number of alkyl halides is 3. The van der Waals surface area contributed by atoms with E-state index in [4.69, 9.17) is 11.6 Å². The highest BCUT2D eigenvalue weighted by Crippen LogP contribution is 2.36. The number of pyridine rings is 2. The van der Waals surface area contributed by atoms with Crippen molar-refractivity contribution in [2.24, 2.45) is 0 Å². The van der Waals surface area contributed by atoms with E-state index in [2.05, 4.69) is 32.1 Å². The Hall–Kier alpha value is -3.04. The molecular weight excluding hydrogens is 477 g/mol. The summed E-state index contributed by atoms with van der Waals surface area (Å²) >= 11 is 6.27. The van der Waals surface area contributed by atoms with Gasteiger partial charge >= 0.3 is 6.18 Å². The summed E-state index contributed by atoms with van der Waals surface area (Å²) in [7, 11) is 2.12. The number of hydrogen-bond donors (Lipinski definition) is 1.